The van der Waals surface area contributed by atoms with E-state index in [4.69, 9.17) is 15.7 Å². The maximum Gasteiger partial charge on any atom is 0.327 e. The maximum atomic E-state index is 11.4. The van der Waals surface area contributed by atoms with Crippen LogP contribution in [0, 0.1) is 11.3 Å². The quantitative estimate of drug-likeness (QED) is 0.601. The molecule has 8 nitrogen and oxygen atoms in total. The van der Waals surface area contributed by atoms with Crippen LogP contribution in [0.1, 0.15) is 12.5 Å². The average Bonchev–Trinajstić information content (AvgIpc) is 2.61. The first-order chi connectivity index (χ1) is 9.15. The second-order valence-electron chi connectivity index (χ2n) is 4.18. The van der Waals surface area contributed by atoms with Gasteiger partial charge in [0, 0.05) is 13.1 Å². The summed E-state index contributed by atoms with van der Waals surface area (Å²) in [7, 11) is 0. The highest BCUT2D eigenvalue weighted by atomic mass is 16.5. The molecule has 0 saturated carbocycles. The zero-order valence-corrected chi connectivity index (χ0v) is 10.6. The Morgan fingerprint density at radius 1 is 1.74 bits per heavy atom. The normalized spacial score (nSPS) is 14.5. The van der Waals surface area contributed by atoms with Crippen molar-refractivity contribution in [2.75, 3.05) is 30.7 Å². The van der Waals surface area contributed by atoms with E-state index in [1.807, 2.05) is 6.07 Å². The molecule has 0 radical (unpaired) electrons. The van der Waals surface area contributed by atoms with Crippen molar-refractivity contribution in [2.24, 2.45) is 0 Å². The summed E-state index contributed by atoms with van der Waals surface area (Å²) in [5, 5.41) is 19.5. The molecule has 1 fully saturated rings. The predicted molar refractivity (Wildman–Crippen MR) is 68.3 cm³/mol. The van der Waals surface area contributed by atoms with Crippen LogP contribution in [0.2, 0.25) is 0 Å². The van der Waals surface area contributed by atoms with E-state index in [2.05, 4.69) is 15.7 Å². The fraction of sp³-hybridized carbons (Fsp3) is 0.545. The van der Waals surface area contributed by atoms with Crippen LogP contribution in [0.3, 0.4) is 0 Å². The second kappa shape index (κ2) is 5.58. The lowest BCUT2D eigenvalue weighted by molar-refractivity contribution is -0.143. The first-order valence-electron chi connectivity index (χ1n) is 6.05. The Morgan fingerprint density at radius 3 is 3.00 bits per heavy atom. The Hall–Kier alpha value is -2.27. The topological polar surface area (TPSA) is 118 Å². The molecule has 2 heterocycles. The molecule has 102 valence electrons. The molecule has 1 saturated heterocycles. The Kier molecular flexibility index (Phi) is 3.87. The number of carbonyl (C=O) groups excluding carboxylic acids is 1. The first kappa shape index (κ1) is 13.2. The van der Waals surface area contributed by atoms with Crippen LogP contribution in [0.15, 0.2) is 0 Å². The standard InChI is InChI=1S/C11H16N6O2/c1-2-19-9(18)6-17-10(13)8(3-12)11(16-17)15-7-4-14-5-7/h7,14H,2,4-6,13H2,1H3,(H,15,16). The molecule has 1 aliphatic rings. The van der Waals surface area contributed by atoms with Gasteiger partial charge in [0.25, 0.3) is 0 Å². The zero-order chi connectivity index (χ0) is 13.8. The van der Waals surface area contributed by atoms with Gasteiger partial charge >= 0.3 is 5.97 Å². The Morgan fingerprint density at radius 2 is 2.47 bits per heavy atom. The fourth-order valence-corrected chi connectivity index (χ4v) is 1.72. The van der Waals surface area contributed by atoms with Crippen molar-refractivity contribution in [3.63, 3.8) is 0 Å². The van der Waals surface area contributed by atoms with E-state index in [1.165, 1.54) is 4.68 Å². The highest BCUT2D eigenvalue weighted by Gasteiger charge is 2.22. The number of nitrogens with zero attached hydrogens (tertiary/aromatic N) is 3. The molecular weight excluding hydrogens is 248 g/mol. The average molecular weight is 264 g/mol. The smallest absolute Gasteiger partial charge is 0.327 e. The van der Waals surface area contributed by atoms with Crippen molar-refractivity contribution >= 4 is 17.6 Å². The number of nitrogens with two attached hydrogens (primary N) is 1. The van der Waals surface area contributed by atoms with Crippen molar-refractivity contribution in [1.29, 1.82) is 5.26 Å². The van der Waals surface area contributed by atoms with Crippen molar-refractivity contribution in [2.45, 2.75) is 19.5 Å². The molecule has 1 aromatic rings. The van der Waals surface area contributed by atoms with Gasteiger partial charge < -0.3 is 21.1 Å². The van der Waals surface area contributed by atoms with E-state index in [-0.39, 0.29) is 24.0 Å². The molecule has 0 bridgehead atoms. The number of nitriles is 1. The minimum atomic E-state index is -0.432. The number of rotatable bonds is 5. The van der Waals surface area contributed by atoms with Crippen LogP contribution in [0.25, 0.3) is 0 Å². The molecule has 1 aromatic heterocycles. The van der Waals surface area contributed by atoms with E-state index in [9.17, 15) is 4.79 Å². The highest BCUT2D eigenvalue weighted by Crippen LogP contribution is 2.21. The molecule has 8 heteroatoms. The molecule has 0 atom stereocenters. The SMILES string of the molecule is CCOC(=O)Cn1nc(NC2CNC2)c(C#N)c1N. The number of ether oxygens (including phenoxy) is 1. The molecule has 0 spiro atoms. The van der Waals surface area contributed by atoms with Gasteiger partial charge in [-0.1, -0.05) is 0 Å². The van der Waals surface area contributed by atoms with Crippen molar-refractivity contribution in [3.05, 3.63) is 5.56 Å². The van der Waals surface area contributed by atoms with Gasteiger partial charge in [-0.25, -0.2) is 4.68 Å². The van der Waals surface area contributed by atoms with E-state index in [0.717, 1.165) is 13.1 Å². The second-order valence-corrected chi connectivity index (χ2v) is 4.18. The molecule has 0 aliphatic carbocycles. The summed E-state index contributed by atoms with van der Waals surface area (Å²) < 4.78 is 6.11. The van der Waals surface area contributed by atoms with Crippen LogP contribution in [-0.4, -0.2) is 41.5 Å². The number of esters is 1. The molecule has 19 heavy (non-hydrogen) atoms. The van der Waals surface area contributed by atoms with Crippen LogP contribution in [0.5, 0.6) is 0 Å². The number of hydrogen-bond donors (Lipinski definition) is 3. The van der Waals surface area contributed by atoms with Gasteiger partial charge in [-0.3, -0.25) is 4.79 Å². The van der Waals surface area contributed by atoms with Crippen LogP contribution in [-0.2, 0) is 16.1 Å². The fourth-order valence-electron chi connectivity index (χ4n) is 1.72. The summed E-state index contributed by atoms with van der Waals surface area (Å²) in [6.07, 6.45) is 0. The number of hydrogen-bond acceptors (Lipinski definition) is 7. The summed E-state index contributed by atoms with van der Waals surface area (Å²) >= 11 is 0. The third-order valence-electron chi connectivity index (χ3n) is 2.81. The predicted octanol–water partition coefficient (Wildman–Crippen LogP) is -0.716. The summed E-state index contributed by atoms with van der Waals surface area (Å²) in [5.41, 5.74) is 6.07. The lowest BCUT2D eigenvalue weighted by atomic mass is 10.2. The number of anilines is 2. The molecular formula is C11H16N6O2. The van der Waals surface area contributed by atoms with E-state index < -0.39 is 5.97 Å². The lowest BCUT2D eigenvalue weighted by Gasteiger charge is -2.27. The van der Waals surface area contributed by atoms with Gasteiger partial charge in [0.2, 0.25) is 0 Å². The summed E-state index contributed by atoms with van der Waals surface area (Å²) in [5.74, 6) is 0.152. The summed E-state index contributed by atoms with van der Waals surface area (Å²) in [6, 6.07) is 2.23. The van der Waals surface area contributed by atoms with Crippen LogP contribution < -0.4 is 16.4 Å². The van der Waals surface area contributed by atoms with Gasteiger partial charge in [-0.05, 0) is 6.92 Å². The zero-order valence-electron chi connectivity index (χ0n) is 10.6. The Balaban J connectivity index is 2.15. The van der Waals surface area contributed by atoms with E-state index >= 15 is 0 Å². The van der Waals surface area contributed by atoms with E-state index in [0.29, 0.717) is 12.4 Å². The Labute approximate surface area is 110 Å². The molecule has 1 aliphatic heterocycles. The van der Waals surface area contributed by atoms with Crippen molar-refractivity contribution in [3.8, 4) is 6.07 Å². The van der Waals surface area contributed by atoms with Crippen LogP contribution >= 0.6 is 0 Å². The van der Waals surface area contributed by atoms with Gasteiger partial charge in [0.15, 0.2) is 5.82 Å². The lowest BCUT2D eigenvalue weighted by Crippen LogP contribution is -2.51. The van der Waals surface area contributed by atoms with Gasteiger partial charge in [-0.2, -0.15) is 10.4 Å². The first-order valence-corrected chi connectivity index (χ1v) is 6.05. The maximum absolute atomic E-state index is 11.4. The van der Waals surface area contributed by atoms with Gasteiger partial charge in [0.05, 0.1) is 12.6 Å². The largest absolute Gasteiger partial charge is 0.465 e. The summed E-state index contributed by atoms with van der Waals surface area (Å²) in [4.78, 5) is 11.4. The van der Waals surface area contributed by atoms with Gasteiger partial charge in [-0.15, -0.1) is 0 Å². The van der Waals surface area contributed by atoms with Crippen LogP contribution in [0.4, 0.5) is 11.6 Å². The number of nitrogen functional groups attached to an aromatic ring is 1. The third-order valence-corrected chi connectivity index (χ3v) is 2.81. The highest BCUT2D eigenvalue weighted by molar-refractivity contribution is 5.71. The molecule has 0 aromatic carbocycles. The van der Waals surface area contributed by atoms with Crippen molar-refractivity contribution < 1.29 is 9.53 Å². The Bertz CT molecular complexity index is 514. The summed E-state index contributed by atoms with van der Waals surface area (Å²) in [6.45, 7) is 3.55. The molecule has 0 unspecified atom stereocenters. The minimum Gasteiger partial charge on any atom is -0.465 e. The van der Waals surface area contributed by atoms with Gasteiger partial charge in [0.1, 0.15) is 24.0 Å². The molecule has 4 N–H and O–H groups in total. The monoisotopic (exact) mass is 264 g/mol. The minimum absolute atomic E-state index is 0.0983. The number of nitrogens with one attached hydrogen (secondary N) is 2. The van der Waals surface area contributed by atoms with E-state index in [1.54, 1.807) is 6.92 Å². The van der Waals surface area contributed by atoms with Crippen molar-refractivity contribution in [1.82, 2.24) is 15.1 Å². The number of aromatic nitrogens is 2. The molecule has 2 rings (SSSR count). The number of carbonyl (C=O) groups is 1. The third kappa shape index (κ3) is 2.77. The molecule has 0 amide bonds.